The number of ether oxygens (including phenoxy) is 1. The van der Waals surface area contributed by atoms with Crippen molar-refractivity contribution in [1.29, 1.82) is 0 Å². The van der Waals surface area contributed by atoms with Crippen molar-refractivity contribution in [3.8, 4) is 5.75 Å². The number of carbonyl (C=O) groups excluding carboxylic acids is 1. The third-order valence-corrected chi connectivity index (χ3v) is 3.83. The Morgan fingerprint density at radius 3 is 2.89 bits per heavy atom. The average Bonchev–Trinajstić information content (AvgIpc) is 2.90. The fourth-order valence-electron chi connectivity index (χ4n) is 1.95. The molecule has 92 valence electrons. The molecule has 1 aliphatic carbocycles. The standard InChI is InChI=1S/C13H12N2O2S/c16-13(17-9-5-2-1-3-6-9)15-12-14-10-7-4-8-11(10)18-12/h1-3,5-6H,4,7-8H2,(H,14,15,16). The number of nitrogens with zero attached hydrogens (tertiary/aromatic N) is 1. The first kappa shape index (κ1) is 11.2. The predicted octanol–water partition coefficient (Wildman–Crippen LogP) is 3.24. The van der Waals surface area contributed by atoms with Gasteiger partial charge in [-0.25, -0.2) is 9.78 Å². The van der Waals surface area contributed by atoms with Crippen LogP contribution in [0.2, 0.25) is 0 Å². The third-order valence-electron chi connectivity index (χ3n) is 2.76. The van der Waals surface area contributed by atoms with E-state index in [0.717, 1.165) is 18.5 Å². The fraction of sp³-hybridized carbons (Fsp3) is 0.231. The summed E-state index contributed by atoms with van der Waals surface area (Å²) in [5.74, 6) is 0.527. The van der Waals surface area contributed by atoms with Crippen LogP contribution in [0.25, 0.3) is 0 Å². The minimum absolute atomic E-state index is 0.492. The predicted molar refractivity (Wildman–Crippen MR) is 70.2 cm³/mol. The summed E-state index contributed by atoms with van der Waals surface area (Å²) in [5, 5.41) is 3.29. The van der Waals surface area contributed by atoms with Gasteiger partial charge in [-0.3, -0.25) is 5.32 Å². The monoisotopic (exact) mass is 260 g/mol. The molecule has 1 aromatic carbocycles. The van der Waals surface area contributed by atoms with Crippen molar-refractivity contribution in [2.75, 3.05) is 5.32 Å². The number of thiazole rings is 1. The zero-order valence-corrected chi connectivity index (χ0v) is 10.5. The summed E-state index contributed by atoms with van der Waals surface area (Å²) >= 11 is 1.54. The van der Waals surface area contributed by atoms with E-state index >= 15 is 0 Å². The minimum atomic E-state index is -0.492. The molecule has 5 heteroatoms. The molecule has 1 aromatic heterocycles. The number of para-hydroxylation sites is 1. The van der Waals surface area contributed by atoms with E-state index in [4.69, 9.17) is 4.74 Å². The lowest BCUT2D eigenvalue weighted by molar-refractivity contribution is 0.215. The zero-order valence-electron chi connectivity index (χ0n) is 9.68. The third kappa shape index (κ3) is 2.36. The van der Waals surface area contributed by atoms with Crippen LogP contribution in [0.5, 0.6) is 5.75 Å². The number of aromatic nitrogens is 1. The Hall–Kier alpha value is -1.88. The molecule has 0 fully saturated rings. The van der Waals surface area contributed by atoms with Crippen LogP contribution in [0.15, 0.2) is 30.3 Å². The summed E-state index contributed by atoms with van der Waals surface area (Å²) in [6.07, 6.45) is 2.76. The Morgan fingerprint density at radius 2 is 2.11 bits per heavy atom. The molecule has 0 saturated carbocycles. The summed E-state index contributed by atoms with van der Waals surface area (Å²) < 4.78 is 5.14. The van der Waals surface area contributed by atoms with E-state index in [1.165, 1.54) is 22.6 Å². The summed E-state index contributed by atoms with van der Waals surface area (Å²) in [6.45, 7) is 0. The Kier molecular flexibility index (Phi) is 2.98. The molecule has 0 bridgehead atoms. The quantitative estimate of drug-likeness (QED) is 0.901. The van der Waals surface area contributed by atoms with Crippen molar-refractivity contribution < 1.29 is 9.53 Å². The molecule has 2 aromatic rings. The van der Waals surface area contributed by atoms with Crippen molar-refractivity contribution in [2.24, 2.45) is 0 Å². The number of aryl methyl sites for hydroxylation is 2. The molecule has 1 amide bonds. The highest BCUT2D eigenvalue weighted by Crippen LogP contribution is 2.30. The van der Waals surface area contributed by atoms with Gasteiger partial charge in [-0.2, -0.15) is 0 Å². The molecule has 0 saturated heterocycles. The number of anilines is 1. The lowest BCUT2D eigenvalue weighted by Gasteiger charge is -2.03. The summed E-state index contributed by atoms with van der Waals surface area (Å²) in [5.41, 5.74) is 1.12. The highest BCUT2D eigenvalue weighted by molar-refractivity contribution is 7.15. The van der Waals surface area contributed by atoms with Gasteiger partial charge in [0.25, 0.3) is 0 Å². The topological polar surface area (TPSA) is 51.2 Å². The maximum Gasteiger partial charge on any atom is 0.418 e. The van der Waals surface area contributed by atoms with Crippen LogP contribution in [0.1, 0.15) is 17.0 Å². The Morgan fingerprint density at radius 1 is 1.28 bits per heavy atom. The van der Waals surface area contributed by atoms with E-state index in [9.17, 15) is 4.79 Å². The number of amides is 1. The van der Waals surface area contributed by atoms with E-state index in [0.29, 0.717) is 10.9 Å². The second-order valence-electron chi connectivity index (χ2n) is 4.07. The zero-order chi connectivity index (χ0) is 12.4. The van der Waals surface area contributed by atoms with Gasteiger partial charge < -0.3 is 4.74 Å². The number of hydrogen-bond donors (Lipinski definition) is 1. The van der Waals surface area contributed by atoms with Crippen molar-refractivity contribution in [3.05, 3.63) is 40.9 Å². The van der Waals surface area contributed by atoms with E-state index in [1.807, 2.05) is 18.2 Å². The molecule has 3 rings (SSSR count). The maximum absolute atomic E-state index is 11.6. The van der Waals surface area contributed by atoms with Gasteiger partial charge in [0.2, 0.25) is 0 Å². The van der Waals surface area contributed by atoms with Gasteiger partial charge >= 0.3 is 6.09 Å². The fourth-order valence-corrected chi connectivity index (χ4v) is 2.99. The van der Waals surface area contributed by atoms with E-state index in [-0.39, 0.29) is 0 Å². The molecule has 0 spiro atoms. The lowest BCUT2D eigenvalue weighted by atomic mass is 10.3. The average molecular weight is 260 g/mol. The summed E-state index contributed by atoms with van der Waals surface area (Å²) in [4.78, 5) is 17.3. The van der Waals surface area contributed by atoms with Gasteiger partial charge in [-0.1, -0.05) is 18.2 Å². The van der Waals surface area contributed by atoms with Crippen LogP contribution in [-0.4, -0.2) is 11.1 Å². The van der Waals surface area contributed by atoms with Crippen molar-refractivity contribution in [2.45, 2.75) is 19.3 Å². The van der Waals surface area contributed by atoms with Gasteiger partial charge in [-0.15, -0.1) is 11.3 Å². The first-order valence-electron chi connectivity index (χ1n) is 5.84. The van der Waals surface area contributed by atoms with Crippen LogP contribution >= 0.6 is 11.3 Å². The molecule has 1 aliphatic rings. The number of hydrogen-bond acceptors (Lipinski definition) is 4. The molecule has 1 N–H and O–H groups in total. The number of nitrogens with one attached hydrogen (secondary N) is 1. The Labute approximate surface area is 109 Å². The second-order valence-corrected chi connectivity index (χ2v) is 5.15. The van der Waals surface area contributed by atoms with Crippen LogP contribution in [0.4, 0.5) is 9.93 Å². The van der Waals surface area contributed by atoms with Gasteiger partial charge in [0.05, 0.1) is 5.69 Å². The van der Waals surface area contributed by atoms with E-state index in [1.54, 1.807) is 12.1 Å². The number of rotatable bonds is 2. The maximum atomic E-state index is 11.6. The van der Waals surface area contributed by atoms with Crippen LogP contribution < -0.4 is 10.1 Å². The van der Waals surface area contributed by atoms with Gasteiger partial charge in [0.1, 0.15) is 5.75 Å². The van der Waals surface area contributed by atoms with E-state index in [2.05, 4.69) is 10.3 Å². The Bertz CT molecular complexity index is 544. The molecule has 18 heavy (non-hydrogen) atoms. The van der Waals surface area contributed by atoms with Crippen molar-refractivity contribution in [1.82, 2.24) is 4.98 Å². The van der Waals surface area contributed by atoms with Crippen molar-refractivity contribution >= 4 is 22.6 Å². The minimum Gasteiger partial charge on any atom is -0.410 e. The number of benzene rings is 1. The molecular formula is C13H12N2O2S. The van der Waals surface area contributed by atoms with Crippen LogP contribution in [0, 0.1) is 0 Å². The number of fused-ring (bicyclic) bond motifs is 1. The van der Waals surface area contributed by atoms with Gasteiger partial charge in [-0.05, 0) is 31.4 Å². The highest BCUT2D eigenvalue weighted by Gasteiger charge is 2.18. The molecular weight excluding hydrogens is 248 g/mol. The molecule has 4 nitrogen and oxygen atoms in total. The largest absolute Gasteiger partial charge is 0.418 e. The highest BCUT2D eigenvalue weighted by atomic mass is 32.1. The normalized spacial score (nSPS) is 13.1. The lowest BCUT2D eigenvalue weighted by Crippen LogP contribution is -2.16. The molecule has 1 heterocycles. The van der Waals surface area contributed by atoms with Crippen LogP contribution in [0.3, 0.4) is 0 Å². The first-order chi connectivity index (χ1) is 8.81. The smallest absolute Gasteiger partial charge is 0.410 e. The molecule has 0 aliphatic heterocycles. The van der Waals surface area contributed by atoms with Crippen LogP contribution in [-0.2, 0) is 12.8 Å². The second kappa shape index (κ2) is 4.78. The van der Waals surface area contributed by atoms with Gasteiger partial charge in [0.15, 0.2) is 5.13 Å². The van der Waals surface area contributed by atoms with Gasteiger partial charge in [0, 0.05) is 4.88 Å². The summed E-state index contributed by atoms with van der Waals surface area (Å²) in [7, 11) is 0. The SMILES string of the molecule is O=C(Nc1nc2c(s1)CCC2)Oc1ccccc1. The summed E-state index contributed by atoms with van der Waals surface area (Å²) in [6, 6.07) is 8.99. The first-order valence-corrected chi connectivity index (χ1v) is 6.65. The van der Waals surface area contributed by atoms with Crippen molar-refractivity contribution in [3.63, 3.8) is 0 Å². The number of carbonyl (C=O) groups is 1. The molecule has 0 radical (unpaired) electrons. The van der Waals surface area contributed by atoms with E-state index < -0.39 is 6.09 Å². The molecule has 0 unspecified atom stereocenters. The molecule has 0 atom stereocenters. The Balaban J connectivity index is 1.64.